The zero-order valence-electron chi connectivity index (χ0n) is 17.3. The highest BCUT2D eigenvalue weighted by molar-refractivity contribution is 6.07. The molecule has 1 saturated heterocycles. The molecule has 1 N–H and O–H groups in total. The zero-order valence-corrected chi connectivity index (χ0v) is 17.3. The van der Waals surface area contributed by atoms with Crippen molar-refractivity contribution in [3.05, 3.63) is 66.1 Å². The van der Waals surface area contributed by atoms with E-state index in [1.54, 1.807) is 0 Å². The second-order valence-corrected chi connectivity index (χ2v) is 8.45. The summed E-state index contributed by atoms with van der Waals surface area (Å²) in [6, 6.07) is 14.5. The van der Waals surface area contributed by atoms with Gasteiger partial charge in [0.1, 0.15) is 0 Å². The average Bonchev–Trinajstić information content (AvgIpc) is 3.08. The van der Waals surface area contributed by atoms with Gasteiger partial charge in [0, 0.05) is 55.5 Å². The van der Waals surface area contributed by atoms with Crippen LogP contribution in [-0.4, -0.2) is 39.5 Å². The molecule has 0 spiro atoms. The molecule has 1 aromatic carbocycles. The topological polar surface area (TPSA) is 50.2 Å². The number of fused-ring (bicyclic) bond motifs is 1. The number of piperidine rings is 1. The van der Waals surface area contributed by atoms with Crippen molar-refractivity contribution >= 4 is 16.8 Å². The molecule has 5 nitrogen and oxygen atoms in total. The predicted molar refractivity (Wildman–Crippen MR) is 117 cm³/mol. The van der Waals surface area contributed by atoms with E-state index in [1.165, 1.54) is 0 Å². The molecule has 29 heavy (non-hydrogen) atoms. The van der Waals surface area contributed by atoms with Crippen molar-refractivity contribution in [1.82, 2.24) is 19.8 Å². The van der Waals surface area contributed by atoms with E-state index in [4.69, 9.17) is 0 Å². The summed E-state index contributed by atoms with van der Waals surface area (Å²) < 4.78 is 2.21. The lowest BCUT2D eigenvalue weighted by atomic mass is 10.0. The summed E-state index contributed by atoms with van der Waals surface area (Å²) in [5.74, 6) is 0.581. The van der Waals surface area contributed by atoms with Gasteiger partial charge in [0.25, 0.3) is 5.91 Å². The van der Waals surface area contributed by atoms with Gasteiger partial charge in [-0.15, -0.1) is 0 Å². The van der Waals surface area contributed by atoms with Crippen LogP contribution in [0.3, 0.4) is 0 Å². The normalized spacial score (nSPS) is 15.8. The number of carbonyl (C=O) groups excluding carboxylic acids is 1. The van der Waals surface area contributed by atoms with Gasteiger partial charge in [-0.25, -0.2) is 0 Å². The first-order valence-corrected chi connectivity index (χ1v) is 10.6. The number of aromatic nitrogens is 2. The Kier molecular flexibility index (Phi) is 5.95. The van der Waals surface area contributed by atoms with E-state index in [9.17, 15) is 4.79 Å². The van der Waals surface area contributed by atoms with Gasteiger partial charge in [0.2, 0.25) is 0 Å². The summed E-state index contributed by atoms with van der Waals surface area (Å²) in [5, 5.41) is 4.32. The van der Waals surface area contributed by atoms with Gasteiger partial charge < -0.3 is 9.88 Å². The van der Waals surface area contributed by atoms with E-state index < -0.39 is 0 Å². The van der Waals surface area contributed by atoms with Crippen LogP contribution >= 0.6 is 0 Å². The van der Waals surface area contributed by atoms with Crippen molar-refractivity contribution in [1.29, 1.82) is 0 Å². The van der Waals surface area contributed by atoms with E-state index in [2.05, 4.69) is 51.8 Å². The highest BCUT2D eigenvalue weighted by Crippen LogP contribution is 2.23. The van der Waals surface area contributed by atoms with Crippen LogP contribution in [0.4, 0.5) is 0 Å². The molecular formula is C24H30N4O. The summed E-state index contributed by atoms with van der Waals surface area (Å²) in [5.41, 5.74) is 3.03. The fourth-order valence-corrected chi connectivity index (χ4v) is 4.19. The Morgan fingerprint density at radius 3 is 2.62 bits per heavy atom. The van der Waals surface area contributed by atoms with E-state index in [0.29, 0.717) is 5.92 Å². The van der Waals surface area contributed by atoms with Gasteiger partial charge in [-0.3, -0.25) is 14.7 Å². The molecule has 0 saturated carbocycles. The smallest absolute Gasteiger partial charge is 0.253 e. The van der Waals surface area contributed by atoms with E-state index in [0.717, 1.165) is 61.2 Å². The number of nitrogens with zero attached hydrogens (tertiary/aromatic N) is 3. The number of hydrogen-bond acceptors (Lipinski definition) is 3. The fourth-order valence-electron chi connectivity index (χ4n) is 4.19. The molecule has 1 amide bonds. The van der Waals surface area contributed by atoms with Gasteiger partial charge in [-0.2, -0.15) is 0 Å². The standard InChI is InChI=1S/C24H30N4O/c1-18(2)15-28-17-22(21-8-3-4-9-23(21)28)24(29)26-19-10-13-27(14-11-19)16-20-7-5-6-12-25-20/h3-9,12,17-19H,10-11,13-16H2,1-2H3,(H,26,29). The average molecular weight is 391 g/mol. The van der Waals surface area contributed by atoms with Gasteiger partial charge in [0.05, 0.1) is 11.3 Å². The second-order valence-electron chi connectivity index (χ2n) is 8.45. The lowest BCUT2D eigenvalue weighted by Crippen LogP contribution is -2.44. The molecule has 152 valence electrons. The molecule has 3 aromatic rings. The predicted octanol–water partition coefficient (Wildman–Crippen LogP) is 4.09. The minimum atomic E-state index is 0.0480. The molecule has 3 heterocycles. The van der Waals surface area contributed by atoms with E-state index in [-0.39, 0.29) is 11.9 Å². The first-order chi connectivity index (χ1) is 14.1. The third kappa shape index (κ3) is 4.67. The van der Waals surface area contributed by atoms with Crippen LogP contribution in [0, 0.1) is 5.92 Å². The van der Waals surface area contributed by atoms with Crippen LogP contribution in [0.25, 0.3) is 10.9 Å². The lowest BCUT2D eigenvalue weighted by Gasteiger charge is -2.32. The number of nitrogens with one attached hydrogen (secondary N) is 1. The maximum absolute atomic E-state index is 13.1. The Morgan fingerprint density at radius 1 is 1.14 bits per heavy atom. The van der Waals surface area contributed by atoms with Crippen molar-refractivity contribution in [3.8, 4) is 0 Å². The van der Waals surface area contributed by atoms with E-state index >= 15 is 0 Å². The Bertz CT molecular complexity index is 955. The molecule has 5 heteroatoms. The number of benzene rings is 1. The fraction of sp³-hybridized carbons (Fsp3) is 0.417. The van der Waals surface area contributed by atoms with Crippen molar-refractivity contribution in [2.45, 2.75) is 45.8 Å². The molecule has 0 atom stereocenters. The van der Waals surface area contributed by atoms with Crippen LogP contribution in [0.15, 0.2) is 54.9 Å². The maximum Gasteiger partial charge on any atom is 0.253 e. The number of para-hydroxylation sites is 1. The molecule has 1 fully saturated rings. The summed E-state index contributed by atoms with van der Waals surface area (Å²) in [7, 11) is 0. The number of amides is 1. The SMILES string of the molecule is CC(C)Cn1cc(C(=O)NC2CCN(Cc3ccccn3)CC2)c2ccccc21. The monoisotopic (exact) mass is 390 g/mol. The number of hydrogen-bond donors (Lipinski definition) is 1. The quantitative estimate of drug-likeness (QED) is 0.690. The summed E-state index contributed by atoms with van der Waals surface area (Å²) in [6.07, 6.45) is 5.82. The Labute approximate surface area is 172 Å². The van der Waals surface area contributed by atoms with Crippen LogP contribution in [0.1, 0.15) is 42.7 Å². The highest BCUT2D eigenvalue weighted by atomic mass is 16.1. The second kappa shape index (κ2) is 8.78. The highest BCUT2D eigenvalue weighted by Gasteiger charge is 2.23. The maximum atomic E-state index is 13.1. The lowest BCUT2D eigenvalue weighted by molar-refractivity contribution is 0.0910. The van der Waals surface area contributed by atoms with Gasteiger partial charge in [-0.1, -0.05) is 38.1 Å². The van der Waals surface area contributed by atoms with E-state index in [1.807, 2.05) is 36.7 Å². The van der Waals surface area contributed by atoms with Crippen LogP contribution in [-0.2, 0) is 13.1 Å². The summed E-state index contributed by atoms with van der Waals surface area (Å²) in [6.45, 7) is 8.16. The van der Waals surface area contributed by atoms with Crippen LogP contribution in [0.2, 0.25) is 0 Å². The van der Waals surface area contributed by atoms with Crippen molar-refractivity contribution in [2.75, 3.05) is 13.1 Å². The van der Waals surface area contributed by atoms with Crippen molar-refractivity contribution in [2.24, 2.45) is 5.92 Å². The molecule has 0 bridgehead atoms. The largest absolute Gasteiger partial charge is 0.349 e. The molecule has 1 aliphatic heterocycles. The number of pyridine rings is 1. The van der Waals surface area contributed by atoms with Gasteiger partial charge in [-0.05, 0) is 37.0 Å². The summed E-state index contributed by atoms with van der Waals surface area (Å²) >= 11 is 0. The summed E-state index contributed by atoms with van der Waals surface area (Å²) in [4.78, 5) is 19.9. The molecule has 1 aliphatic rings. The van der Waals surface area contributed by atoms with Gasteiger partial charge in [0.15, 0.2) is 0 Å². The Morgan fingerprint density at radius 2 is 1.90 bits per heavy atom. The Balaban J connectivity index is 1.39. The van der Waals surface area contributed by atoms with Crippen molar-refractivity contribution < 1.29 is 4.79 Å². The van der Waals surface area contributed by atoms with Gasteiger partial charge >= 0.3 is 0 Å². The number of rotatable bonds is 6. The van der Waals surface area contributed by atoms with Crippen molar-refractivity contribution in [3.63, 3.8) is 0 Å². The minimum absolute atomic E-state index is 0.0480. The van der Waals surface area contributed by atoms with Crippen LogP contribution in [0.5, 0.6) is 0 Å². The third-order valence-electron chi connectivity index (χ3n) is 5.63. The molecule has 0 aliphatic carbocycles. The molecular weight excluding hydrogens is 360 g/mol. The zero-order chi connectivity index (χ0) is 20.2. The molecule has 0 radical (unpaired) electrons. The first kappa shape index (κ1) is 19.6. The minimum Gasteiger partial charge on any atom is -0.349 e. The number of likely N-dealkylation sites (tertiary alicyclic amines) is 1. The first-order valence-electron chi connectivity index (χ1n) is 10.6. The Hall–Kier alpha value is -2.66. The number of carbonyl (C=O) groups is 1. The molecule has 0 unspecified atom stereocenters. The third-order valence-corrected chi connectivity index (χ3v) is 5.63. The van der Waals surface area contributed by atoms with Crippen LogP contribution < -0.4 is 5.32 Å². The molecule has 2 aromatic heterocycles. The molecule has 4 rings (SSSR count).